The summed E-state index contributed by atoms with van der Waals surface area (Å²) >= 11 is 3.39. The zero-order valence-electron chi connectivity index (χ0n) is 17.7. The smallest absolute Gasteiger partial charge is 0.434 e. The van der Waals surface area contributed by atoms with E-state index < -0.39 is 6.16 Å². The molecule has 0 heterocycles. The number of ether oxygens (including phenoxy) is 2. The van der Waals surface area contributed by atoms with Crippen molar-refractivity contribution in [3.63, 3.8) is 0 Å². The van der Waals surface area contributed by atoms with Crippen molar-refractivity contribution in [2.75, 3.05) is 17.2 Å². The van der Waals surface area contributed by atoms with Crippen molar-refractivity contribution in [3.8, 4) is 5.75 Å². The lowest BCUT2D eigenvalue weighted by atomic mass is 10.2. The molecule has 0 bridgehead atoms. The first-order valence-corrected chi connectivity index (χ1v) is 10.8. The monoisotopic (exact) mass is 508 g/mol. The van der Waals surface area contributed by atoms with E-state index in [2.05, 4.69) is 26.6 Å². The van der Waals surface area contributed by atoms with Gasteiger partial charge in [-0.1, -0.05) is 40.2 Å². The molecule has 3 aromatic carbocycles. The predicted octanol–water partition coefficient (Wildman–Crippen LogP) is 5.89. The van der Waals surface area contributed by atoms with Crippen LogP contribution in [0.3, 0.4) is 0 Å². The summed E-state index contributed by atoms with van der Waals surface area (Å²) in [6, 6.07) is 20.5. The quantitative estimate of drug-likeness (QED) is 0.235. The van der Waals surface area contributed by atoms with Crippen LogP contribution in [0.4, 0.5) is 16.2 Å². The van der Waals surface area contributed by atoms with Crippen LogP contribution >= 0.6 is 15.9 Å². The van der Waals surface area contributed by atoms with Gasteiger partial charge in [0.2, 0.25) is 5.91 Å². The molecule has 0 aromatic heterocycles. The fourth-order valence-electron chi connectivity index (χ4n) is 2.77. The van der Waals surface area contributed by atoms with E-state index in [0.29, 0.717) is 16.9 Å². The normalized spacial score (nSPS) is 10.5. The second kappa shape index (κ2) is 11.6. The Morgan fingerprint density at radius 2 is 1.61 bits per heavy atom. The summed E-state index contributed by atoms with van der Waals surface area (Å²) in [5.74, 6) is -0.462. The SMILES string of the molecule is CCOC(=O)Oc1ccc(C(=O)Nc2ccccc2NC(=O)/C=C/c2cccc(Br)c2)cc1. The fourth-order valence-corrected chi connectivity index (χ4v) is 3.19. The van der Waals surface area contributed by atoms with E-state index in [0.717, 1.165) is 10.0 Å². The highest BCUT2D eigenvalue weighted by Gasteiger charge is 2.11. The Bertz CT molecular complexity index is 1180. The van der Waals surface area contributed by atoms with Crippen LogP contribution in [0, 0.1) is 0 Å². The number of carbonyl (C=O) groups is 3. The Morgan fingerprint density at radius 3 is 2.27 bits per heavy atom. The molecule has 3 rings (SSSR count). The van der Waals surface area contributed by atoms with E-state index in [1.807, 2.05) is 24.3 Å². The van der Waals surface area contributed by atoms with Gasteiger partial charge in [-0.05, 0) is 67.1 Å². The van der Waals surface area contributed by atoms with Crippen LogP contribution in [0.25, 0.3) is 6.08 Å². The number of rotatable bonds is 7. The van der Waals surface area contributed by atoms with Gasteiger partial charge in [0.1, 0.15) is 5.75 Å². The number of benzene rings is 3. The molecule has 0 aliphatic carbocycles. The van der Waals surface area contributed by atoms with Crippen molar-refractivity contribution in [1.29, 1.82) is 0 Å². The number of para-hydroxylation sites is 2. The first-order valence-electron chi connectivity index (χ1n) is 10.0. The molecule has 7 nitrogen and oxygen atoms in total. The lowest BCUT2D eigenvalue weighted by Gasteiger charge is -2.12. The van der Waals surface area contributed by atoms with Crippen molar-refractivity contribution in [1.82, 2.24) is 0 Å². The van der Waals surface area contributed by atoms with Gasteiger partial charge in [0, 0.05) is 16.1 Å². The molecule has 0 fully saturated rings. The van der Waals surface area contributed by atoms with E-state index in [-0.39, 0.29) is 24.2 Å². The summed E-state index contributed by atoms with van der Waals surface area (Å²) in [6.07, 6.45) is 2.30. The van der Waals surface area contributed by atoms with Crippen molar-refractivity contribution in [3.05, 3.63) is 94.5 Å². The molecule has 8 heteroatoms. The van der Waals surface area contributed by atoms with Crippen LogP contribution in [0.1, 0.15) is 22.8 Å². The van der Waals surface area contributed by atoms with Gasteiger partial charge in [-0.3, -0.25) is 9.59 Å². The molecule has 0 radical (unpaired) electrons. The van der Waals surface area contributed by atoms with Gasteiger partial charge in [-0.25, -0.2) is 4.79 Å². The van der Waals surface area contributed by atoms with Gasteiger partial charge < -0.3 is 20.1 Å². The number of amides is 2. The summed E-state index contributed by atoms with van der Waals surface area (Å²) in [5, 5.41) is 5.55. The maximum Gasteiger partial charge on any atom is 0.513 e. The van der Waals surface area contributed by atoms with Crippen LogP contribution in [0.15, 0.2) is 83.3 Å². The van der Waals surface area contributed by atoms with E-state index in [4.69, 9.17) is 9.47 Å². The van der Waals surface area contributed by atoms with Gasteiger partial charge in [-0.15, -0.1) is 0 Å². The Kier molecular flexibility index (Phi) is 8.37. The van der Waals surface area contributed by atoms with E-state index in [1.54, 1.807) is 37.3 Å². The molecule has 2 N–H and O–H groups in total. The Balaban J connectivity index is 1.64. The number of halogens is 1. The van der Waals surface area contributed by atoms with Crippen LogP contribution in [-0.4, -0.2) is 24.6 Å². The van der Waals surface area contributed by atoms with Crippen LogP contribution in [0.5, 0.6) is 5.75 Å². The zero-order chi connectivity index (χ0) is 23.6. The topological polar surface area (TPSA) is 93.7 Å². The summed E-state index contributed by atoms with van der Waals surface area (Å²) in [6.45, 7) is 1.88. The van der Waals surface area contributed by atoms with E-state index in [1.165, 1.54) is 30.3 Å². The Hall–Kier alpha value is -3.91. The standard InChI is InChI=1S/C25H21BrN2O5/c1-2-32-25(31)33-20-13-11-18(12-14-20)24(30)28-22-9-4-3-8-21(22)27-23(29)15-10-17-6-5-7-19(26)16-17/h3-16H,2H2,1H3,(H,27,29)(H,28,30)/b15-10+. The third kappa shape index (κ3) is 7.33. The molecule has 0 spiro atoms. The molecule has 0 aliphatic heterocycles. The second-order valence-corrected chi connectivity index (χ2v) is 7.60. The van der Waals surface area contributed by atoms with Gasteiger partial charge in [0.15, 0.2) is 0 Å². The molecule has 33 heavy (non-hydrogen) atoms. The molecular formula is C25H21BrN2O5. The molecule has 0 saturated heterocycles. The fraction of sp³-hybridized carbons (Fsp3) is 0.0800. The van der Waals surface area contributed by atoms with Crippen LogP contribution in [0.2, 0.25) is 0 Å². The van der Waals surface area contributed by atoms with Gasteiger partial charge in [0.05, 0.1) is 18.0 Å². The zero-order valence-corrected chi connectivity index (χ0v) is 19.3. The minimum Gasteiger partial charge on any atom is -0.434 e. The van der Waals surface area contributed by atoms with Crippen LogP contribution in [-0.2, 0) is 9.53 Å². The number of hydrogen-bond donors (Lipinski definition) is 2. The van der Waals surface area contributed by atoms with E-state index >= 15 is 0 Å². The lowest BCUT2D eigenvalue weighted by Crippen LogP contribution is -2.15. The average molecular weight is 509 g/mol. The first kappa shape index (κ1) is 23.7. The predicted molar refractivity (Wildman–Crippen MR) is 130 cm³/mol. The number of nitrogens with one attached hydrogen (secondary N) is 2. The summed E-state index contributed by atoms with van der Waals surface area (Å²) < 4.78 is 10.6. The summed E-state index contributed by atoms with van der Waals surface area (Å²) in [4.78, 5) is 36.4. The number of anilines is 2. The van der Waals surface area contributed by atoms with Gasteiger partial charge in [-0.2, -0.15) is 0 Å². The highest BCUT2D eigenvalue weighted by molar-refractivity contribution is 9.10. The molecule has 0 aliphatic rings. The molecule has 0 saturated carbocycles. The molecule has 2 amide bonds. The molecular weight excluding hydrogens is 488 g/mol. The minimum absolute atomic E-state index is 0.203. The van der Waals surface area contributed by atoms with Gasteiger partial charge >= 0.3 is 6.16 Å². The third-order valence-electron chi connectivity index (χ3n) is 4.29. The molecule has 3 aromatic rings. The maximum absolute atomic E-state index is 12.7. The lowest BCUT2D eigenvalue weighted by molar-refractivity contribution is -0.111. The summed E-state index contributed by atoms with van der Waals surface area (Å²) in [5.41, 5.74) is 2.12. The highest BCUT2D eigenvalue weighted by Crippen LogP contribution is 2.23. The van der Waals surface area contributed by atoms with Crippen LogP contribution < -0.4 is 15.4 Å². The number of hydrogen-bond acceptors (Lipinski definition) is 5. The van der Waals surface area contributed by atoms with E-state index in [9.17, 15) is 14.4 Å². The molecule has 168 valence electrons. The first-order chi connectivity index (χ1) is 15.9. The van der Waals surface area contributed by atoms with Crippen molar-refractivity contribution in [2.45, 2.75) is 6.92 Å². The van der Waals surface area contributed by atoms with Gasteiger partial charge in [0.25, 0.3) is 5.91 Å². The third-order valence-corrected chi connectivity index (χ3v) is 4.78. The Morgan fingerprint density at radius 1 is 0.909 bits per heavy atom. The summed E-state index contributed by atoms with van der Waals surface area (Å²) in [7, 11) is 0. The van der Waals surface area contributed by atoms with Crippen molar-refractivity contribution < 1.29 is 23.9 Å². The molecule has 0 atom stereocenters. The second-order valence-electron chi connectivity index (χ2n) is 6.69. The largest absolute Gasteiger partial charge is 0.513 e. The van der Waals surface area contributed by atoms with Crippen molar-refractivity contribution in [2.24, 2.45) is 0 Å². The molecule has 0 unspecified atom stereocenters. The Labute approximate surface area is 199 Å². The highest BCUT2D eigenvalue weighted by atomic mass is 79.9. The average Bonchev–Trinajstić information content (AvgIpc) is 2.80. The van der Waals surface area contributed by atoms with Crippen molar-refractivity contribution >= 4 is 51.4 Å². The maximum atomic E-state index is 12.7. The number of carbonyl (C=O) groups excluding carboxylic acids is 3. The minimum atomic E-state index is -0.812.